The van der Waals surface area contributed by atoms with Crippen LogP contribution in [0, 0.1) is 5.92 Å². The molecule has 0 spiro atoms. The number of pyridine rings is 1. The smallest absolute Gasteiger partial charge is 0.367 e. The Kier molecular flexibility index (Phi) is 4.32. The van der Waals surface area contributed by atoms with Gasteiger partial charge < -0.3 is 5.32 Å². The molecule has 2 rings (SSSR count). The van der Waals surface area contributed by atoms with Crippen LogP contribution in [0.2, 0.25) is 0 Å². The van der Waals surface area contributed by atoms with Crippen molar-refractivity contribution in [3.8, 4) is 0 Å². The summed E-state index contributed by atoms with van der Waals surface area (Å²) in [4.78, 5) is 3.98. The van der Waals surface area contributed by atoms with Crippen molar-refractivity contribution in [1.29, 1.82) is 0 Å². The highest BCUT2D eigenvalue weighted by Gasteiger charge is 2.31. The van der Waals surface area contributed by atoms with Crippen molar-refractivity contribution in [3.05, 3.63) is 23.9 Å². The minimum Gasteiger partial charge on any atom is -0.367 e. The molecule has 1 aliphatic carbocycles. The first kappa shape index (κ1) is 14.2. The second-order valence-electron chi connectivity index (χ2n) is 5.26. The van der Waals surface area contributed by atoms with E-state index in [1.165, 1.54) is 25.5 Å². The van der Waals surface area contributed by atoms with Crippen LogP contribution in [0.3, 0.4) is 0 Å². The first-order valence-corrected chi connectivity index (χ1v) is 6.76. The molecule has 1 heterocycles. The van der Waals surface area contributed by atoms with E-state index >= 15 is 0 Å². The molecule has 2 nitrogen and oxygen atoms in total. The van der Waals surface area contributed by atoms with Crippen molar-refractivity contribution < 1.29 is 13.2 Å². The normalized spacial score (nSPS) is 19.2. The summed E-state index contributed by atoms with van der Waals surface area (Å²) in [6.45, 7) is 2.03. The third-order valence-electron chi connectivity index (χ3n) is 3.82. The average Bonchev–Trinajstić information content (AvgIpc) is 2.39. The lowest BCUT2D eigenvalue weighted by molar-refractivity contribution is -0.137. The van der Waals surface area contributed by atoms with Crippen LogP contribution in [0.4, 0.5) is 19.0 Å². The largest absolute Gasteiger partial charge is 0.416 e. The van der Waals surface area contributed by atoms with Crippen LogP contribution in [0.25, 0.3) is 0 Å². The molecule has 1 unspecified atom stereocenters. The Labute approximate surface area is 111 Å². The predicted molar refractivity (Wildman–Crippen MR) is 68.9 cm³/mol. The number of nitrogens with one attached hydrogen (secondary N) is 1. The molecule has 1 N–H and O–H groups in total. The Hall–Kier alpha value is -1.26. The van der Waals surface area contributed by atoms with Crippen LogP contribution in [0.15, 0.2) is 18.3 Å². The number of hydrogen-bond donors (Lipinski definition) is 1. The highest BCUT2D eigenvalue weighted by Crippen LogP contribution is 2.31. The summed E-state index contributed by atoms with van der Waals surface area (Å²) in [7, 11) is 0. The molecule has 0 aliphatic heterocycles. The van der Waals surface area contributed by atoms with Gasteiger partial charge in [0, 0.05) is 12.2 Å². The van der Waals surface area contributed by atoms with Gasteiger partial charge in [-0.2, -0.15) is 13.2 Å². The number of alkyl halides is 3. The van der Waals surface area contributed by atoms with Crippen molar-refractivity contribution >= 4 is 5.82 Å². The molecule has 0 amide bonds. The van der Waals surface area contributed by atoms with Crippen molar-refractivity contribution in [2.45, 2.75) is 51.2 Å². The van der Waals surface area contributed by atoms with Gasteiger partial charge in [0.05, 0.1) is 5.56 Å². The second-order valence-corrected chi connectivity index (χ2v) is 5.26. The molecular formula is C14H19F3N2. The fourth-order valence-corrected chi connectivity index (χ4v) is 2.67. The lowest BCUT2D eigenvalue weighted by Gasteiger charge is -2.28. The molecule has 5 heteroatoms. The van der Waals surface area contributed by atoms with E-state index in [0.717, 1.165) is 25.0 Å². The molecule has 0 saturated heterocycles. The Morgan fingerprint density at radius 3 is 2.58 bits per heavy atom. The zero-order chi connectivity index (χ0) is 13.9. The Morgan fingerprint density at radius 1 is 1.26 bits per heavy atom. The summed E-state index contributed by atoms with van der Waals surface area (Å²) >= 11 is 0. The fourth-order valence-electron chi connectivity index (χ4n) is 2.67. The van der Waals surface area contributed by atoms with E-state index in [9.17, 15) is 13.2 Å². The quantitative estimate of drug-likeness (QED) is 0.877. The minimum atomic E-state index is -4.31. The van der Waals surface area contributed by atoms with Gasteiger partial charge in [-0.1, -0.05) is 19.3 Å². The maximum absolute atomic E-state index is 12.6. The number of anilines is 1. The average molecular weight is 272 g/mol. The summed E-state index contributed by atoms with van der Waals surface area (Å²) in [5, 5.41) is 3.11. The van der Waals surface area contributed by atoms with Gasteiger partial charge in [0.2, 0.25) is 0 Å². The van der Waals surface area contributed by atoms with E-state index in [0.29, 0.717) is 11.7 Å². The molecule has 19 heavy (non-hydrogen) atoms. The molecule has 106 valence electrons. The van der Waals surface area contributed by atoms with E-state index in [-0.39, 0.29) is 6.04 Å². The van der Waals surface area contributed by atoms with Crippen LogP contribution in [0.1, 0.15) is 44.6 Å². The highest BCUT2D eigenvalue weighted by molar-refractivity contribution is 5.39. The predicted octanol–water partition coefficient (Wildman–Crippen LogP) is 4.48. The summed E-state index contributed by atoms with van der Waals surface area (Å²) in [6, 6.07) is 2.24. The van der Waals surface area contributed by atoms with E-state index in [1.54, 1.807) is 0 Å². The number of halogens is 3. The lowest BCUT2D eigenvalue weighted by atomic mass is 9.84. The summed E-state index contributed by atoms with van der Waals surface area (Å²) in [5.41, 5.74) is -0.652. The Morgan fingerprint density at radius 2 is 1.95 bits per heavy atom. The molecule has 0 aromatic carbocycles. The van der Waals surface area contributed by atoms with Crippen molar-refractivity contribution in [2.24, 2.45) is 5.92 Å². The van der Waals surface area contributed by atoms with Gasteiger partial charge in [-0.05, 0) is 37.8 Å². The van der Waals surface area contributed by atoms with Crippen molar-refractivity contribution in [3.63, 3.8) is 0 Å². The lowest BCUT2D eigenvalue weighted by Crippen LogP contribution is -2.28. The molecular weight excluding hydrogens is 253 g/mol. The van der Waals surface area contributed by atoms with Crippen LogP contribution in [0.5, 0.6) is 0 Å². The highest BCUT2D eigenvalue weighted by atomic mass is 19.4. The second kappa shape index (κ2) is 5.80. The Bertz CT molecular complexity index is 411. The summed E-state index contributed by atoms with van der Waals surface area (Å²) in [6.07, 6.45) is 2.89. The number of hydrogen-bond acceptors (Lipinski definition) is 2. The van der Waals surface area contributed by atoms with Gasteiger partial charge in [-0.25, -0.2) is 4.98 Å². The van der Waals surface area contributed by atoms with Crippen LogP contribution in [-0.2, 0) is 6.18 Å². The minimum absolute atomic E-state index is 0.163. The Balaban J connectivity index is 2.02. The van der Waals surface area contributed by atoms with Crippen LogP contribution < -0.4 is 5.32 Å². The standard InChI is InChI=1S/C14H19F3N2/c1-10(11-5-3-2-4-6-11)19-13-9-12(7-8-18-13)14(15,16)17/h7-11H,2-6H2,1H3,(H,18,19). The summed E-state index contributed by atoms with van der Waals surface area (Å²) < 4.78 is 37.8. The maximum Gasteiger partial charge on any atom is 0.416 e. The molecule has 0 bridgehead atoms. The number of nitrogens with zero attached hydrogens (tertiary/aromatic N) is 1. The van der Waals surface area contributed by atoms with Gasteiger partial charge in [0.1, 0.15) is 5.82 Å². The van der Waals surface area contributed by atoms with Gasteiger partial charge in [-0.3, -0.25) is 0 Å². The van der Waals surface area contributed by atoms with Crippen molar-refractivity contribution in [1.82, 2.24) is 4.98 Å². The van der Waals surface area contributed by atoms with Crippen LogP contribution in [-0.4, -0.2) is 11.0 Å². The topological polar surface area (TPSA) is 24.9 Å². The van der Waals surface area contributed by atoms with E-state index in [1.807, 2.05) is 6.92 Å². The van der Waals surface area contributed by atoms with Gasteiger partial charge in [0.25, 0.3) is 0 Å². The van der Waals surface area contributed by atoms with Crippen molar-refractivity contribution in [2.75, 3.05) is 5.32 Å². The number of aromatic nitrogens is 1. The zero-order valence-electron chi connectivity index (χ0n) is 11.0. The van der Waals surface area contributed by atoms with Gasteiger partial charge >= 0.3 is 6.18 Å². The molecule has 1 saturated carbocycles. The molecule has 1 aliphatic rings. The van der Waals surface area contributed by atoms with Crippen LogP contribution >= 0.6 is 0 Å². The molecule has 1 aromatic rings. The van der Waals surface area contributed by atoms with E-state index in [2.05, 4.69) is 10.3 Å². The third kappa shape index (κ3) is 3.85. The molecule has 1 aromatic heterocycles. The molecule has 0 radical (unpaired) electrons. The maximum atomic E-state index is 12.6. The molecule has 1 atom stereocenters. The van der Waals surface area contributed by atoms with E-state index in [4.69, 9.17) is 0 Å². The first-order chi connectivity index (χ1) is 8.97. The van der Waals surface area contributed by atoms with Gasteiger partial charge in [-0.15, -0.1) is 0 Å². The first-order valence-electron chi connectivity index (χ1n) is 6.76. The monoisotopic (exact) mass is 272 g/mol. The SMILES string of the molecule is CC(Nc1cc(C(F)(F)F)ccn1)C1CCCCC1. The van der Waals surface area contributed by atoms with E-state index < -0.39 is 11.7 Å². The van der Waals surface area contributed by atoms with Gasteiger partial charge in [0.15, 0.2) is 0 Å². The third-order valence-corrected chi connectivity index (χ3v) is 3.82. The summed E-state index contributed by atoms with van der Waals surface area (Å²) in [5.74, 6) is 0.845. The molecule has 1 fully saturated rings. The fraction of sp³-hybridized carbons (Fsp3) is 0.643. The number of rotatable bonds is 3. The zero-order valence-corrected chi connectivity index (χ0v) is 11.0.